The first-order valence-electron chi connectivity index (χ1n) is 10.6. The molecule has 7 nitrogen and oxygen atoms in total. The molecule has 0 radical (unpaired) electrons. The Bertz CT molecular complexity index is 959. The van der Waals surface area contributed by atoms with E-state index in [0.717, 1.165) is 18.0 Å². The van der Waals surface area contributed by atoms with Gasteiger partial charge < -0.3 is 10.1 Å². The van der Waals surface area contributed by atoms with Crippen LogP contribution in [0.2, 0.25) is 0 Å². The smallest absolute Gasteiger partial charge is 0.350 e. The van der Waals surface area contributed by atoms with Gasteiger partial charge in [0.15, 0.2) is 0 Å². The lowest BCUT2D eigenvalue weighted by atomic mass is 10.2. The predicted molar refractivity (Wildman–Crippen MR) is 117 cm³/mol. The number of para-hydroxylation sites is 1. The molecule has 0 aliphatic carbocycles. The van der Waals surface area contributed by atoms with Crippen molar-refractivity contribution in [3.05, 3.63) is 77.0 Å². The summed E-state index contributed by atoms with van der Waals surface area (Å²) in [6.07, 6.45) is 4.18. The Morgan fingerprint density at radius 3 is 2.50 bits per heavy atom. The minimum Gasteiger partial charge on any atom is -0.492 e. The summed E-state index contributed by atoms with van der Waals surface area (Å²) >= 11 is 0. The molecule has 1 aromatic heterocycles. The van der Waals surface area contributed by atoms with Crippen molar-refractivity contribution in [1.82, 2.24) is 24.6 Å². The Labute approximate surface area is 176 Å². The van der Waals surface area contributed by atoms with Crippen LogP contribution in [-0.2, 0) is 13.1 Å². The zero-order valence-corrected chi connectivity index (χ0v) is 17.2. The molecule has 1 aliphatic rings. The first-order chi connectivity index (χ1) is 14.8. The van der Waals surface area contributed by atoms with E-state index >= 15 is 0 Å². The average molecular weight is 408 g/mol. The minimum atomic E-state index is -0.121. The normalized spacial score (nSPS) is 14.3. The highest BCUT2D eigenvalue weighted by Gasteiger charge is 2.12. The van der Waals surface area contributed by atoms with Crippen LogP contribution >= 0.6 is 0 Å². The Morgan fingerprint density at radius 2 is 1.73 bits per heavy atom. The molecule has 1 aliphatic heterocycles. The second kappa shape index (κ2) is 10.2. The van der Waals surface area contributed by atoms with Gasteiger partial charge in [-0.2, -0.15) is 5.10 Å². The molecule has 1 N–H and O–H groups in total. The molecule has 7 heteroatoms. The van der Waals surface area contributed by atoms with Crippen molar-refractivity contribution in [2.45, 2.75) is 25.9 Å². The molecule has 4 rings (SSSR count). The molecule has 0 atom stereocenters. The van der Waals surface area contributed by atoms with Crippen LogP contribution in [0.1, 0.15) is 18.4 Å². The minimum absolute atomic E-state index is 0.121. The summed E-state index contributed by atoms with van der Waals surface area (Å²) in [6.45, 7) is 5.81. The van der Waals surface area contributed by atoms with E-state index in [-0.39, 0.29) is 5.69 Å². The third-order valence-electron chi connectivity index (χ3n) is 5.34. The monoisotopic (exact) mass is 407 g/mol. The van der Waals surface area contributed by atoms with E-state index in [0.29, 0.717) is 26.2 Å². The number of ether oxygens (including phenoxy) is 1. The van der Waals surface area contributed by atoms with E-state index in [1.54, 1.807) is 10.9 Å². The van der Waals surface area contributed by atoms with Crippen LogP contribution in [0.3, 0.4) is 0 Å². The van der Waals surface area contributed by atoms with Gasteiger partial charge in [0.2, 0.25) is 0 Å². The van der Waals surface area contributed by atoms with Crippen molar-refractivity contribution < 1.29 is 4.74 Å². The summed E-state index contributed by atoms with van der Waals surface area (Å²) in [4.78, 5) is 15.1. The highest BCUT2D eigenvalue weighted by Crippen LogP contribution is 2.14. The standard InChI is InChI=1S/C23H29N5O2/c29-23-27(21-10-8-20(9-11-21)18-26-14-4-5-15-26)19-25-28(23)16-12-24-13-17-30-22-6-2-1-3-7-22/h1-3,6-11,19,24H,4-5,12-18H2. The number of aromatic nitrogens is 3. The second-order valence-corrected chi connectivity index (χ2v) is 7.57. The number of nitrogens with zero attached hydrogens (tertiary/aromatic N) is 4. The van der Waals surface area contributed by atoms with Crippen LogP contribution in [0.15, 0.2) is 65.7 Å². The molecule has 1 fully saturated rings. The number of benzene rings is 2. The number of rotatable bonds is 10. The van der Waals surface area contributed by atoms with Crippen LogP contribution in [0.5, 0.6) is 5.75 Å². The van der Waals surface area contributed by atoms with Crippen molar-refractivity contribution in [2.75, 3.05) is 32.8 Å². The molecule has 0 saturated carbocycles. The zero-order valence-electron chi connectivity index (χ0n) is 17.2. The lowest BCUT2D eigenvalue weighted by Crippen LogP contribution is -2.30. The SMILES string of the molecule is O=c1n(-c2ccc(CN3CCCC3)cc2)cnn1CCNCCOc1ccccc1. The molecule has 1 saturated heterocycles. The van der Waals surface area contributed by atoms with E-state index in [2.05, 4.69) is 27.4 Å². The quantitative estimate of drug-likeness (QED) is 0.523. The van der Waals surface area contributed by atoms with Crippen LogP contribution in [-0.4, -0.2) is 52.0 Å². The molecule has 0 bridgehead atoms. The Balaban J connectivity index is 1.23. The van der Waals surface area contributed by atoms with Gasteiger partial charge in [-0.05, 0) is 55.8 Å². The molecule has 0 spiro atoms. The summed E-state index contributed by atoms with van der Waals surface area (Å²) in [7, 11) is 0. The molecule has 2 heterocycles. The molecule has 158 valence electrons. The fraction of sp³-hybridized carbons (Fsp3) is 0.391. The van der Waals surface area contributed by atoms with E-state index < -0.39 is 0 Å². The summed E-state index contributed by atoms with van der Waals surface area (Å²) in [6, 6.07) is 17.9. The number of hydrogen-bond donors (Lipinski definition) is 1. The molecule has 2 aromatic carbocycles. The van der Waals surface area contributed by atoms with Crippen molar-refractivity contribution in [3.63, 3.8) is 0 Å². The third-order valence-corrected chi connectivity index (χ3v) is 5.34. The average Bonchev–Trinajstić information content (AvgIpc) is 3.42. The van der Waals surface area contributed by atoms with Crippen LogP contribution < -0.4 is 15.7 Å². The maximum absolute atomic E-state index is 12.6. The van der Waals surface area contributed by atoms with E-state index in [9.17, 15) is 4.79 Å². The summed E-state index contributed by atoms with van der Waals surface area (Å²) in [5, 5.41) is 7.53. The fourth-order valence-corrected chi connectivity index (χ4v) is 3.70. The lowest BCUT2D eigenvalue weighted by Gasteiger charge is -2.14. The molecule has 0 amide bonds. The summed E-state index contributed by atoms with van der Waals surface area (Å²) in [5.41, 5.74) is 2.01. The highest BCUT2D eigenvalue weighted by molar-refractivity contribution is 5.34. The van der Waals surface area contributed by atoms with Gasteiger partial charge in [0.25, 0.3) is 0 Å². The number of likely N-dealkylation sites (tertiary alicyclic amines) is 1. The van der Waals surface area contributed by atoms with Gasteiger partial charge in [0.1, 0.15) is 18.7 Å². The van der Waals surface area contributed by atoms with Gasteiger partial charge in [0.05, 0.1) is 12.2 Å². The van der Waals surface area contributed by atoms with Gasteiger partial charge >= 0.3 is 5.69 Å². The second-order valence-electron chi connectivity index (χ2n) is 7.57. The van der Waals surface area contributed by atoms with Gasteiger partial charge in [0, 0.05) is 19.6 Å². The lowest BCUT2D eigenvalue weighted by molar-refractivity contribution is 0.312. The van der Waals surface area contributed by atoms with Crippen LogP contribution in [0, 0.1) is 0 Å². The zero-order chi connectivity index (χ0) is 20.6. The number of nitrogens with one attached hydrogen (secondary N) is 1. The van der Waals surface area contributed by atoms with Crippen molar-refractivity contribution in [2.24, 2.45) is 0 Å². The van der Waals surface area contributed by atoms with E-state index in [4.69, 9.17) is 4.74 Å². The Kier molecular flexibility index (Phi) is 6.95. The highest BCUT2D eigenvalue weighted by atomic mass is 16.5. The van der Waals surface area contributed by atoms with Crippen molar-refractivity contribution >= 4 is 0 Å². The largest absolute Gasteiger partial charge is 0.492 e. The molecule has 3 aromatic rings. The van der Waals surface area contributed by atoms with Gasteiger partial charge in [-0.3, -0.25) is 4.90 Å². The van der Waals surface area contributed by atoms with Gasteiger partial charge in [-0.15, -0.1) is 0 Å². The Hall–Kier alpha value is -2.90. The first-order valence-corrected chi connectivity index (χ1v) is 10.6. The maximum atomic E-state index is 12.6. The molecule has 0 unspecified atom stereocenters. The van der Waals surface area contributed by atoms with E-state index in [1.165, 1.54) is 36.2 Å². The molecule has 30 heavy (non-hydrogen) atoms. The summed E-state index contributed by atoms with van der Waals surface area (Å²) < 4.78 is 8.73. The van der Waals surface area contributed by atoms with Gasteiger partial charge in [-0.1, -0.05) is 30.3 Å². The fourth-order valence-electron chi connectivity index (χ4n) is 3.70. The van der Waals surface area contributed by atoms with E-state index in [1.807, 2.05) is 42.5 Å². The third kappa shape index (κ3) is 5.37. The molecular formula is C23H29N5O2. The Morgan fingerprint density at radius 1 is 0.967 bits per heavy atom. The summed E-state index contributed by atoms with van der Waals surface area (Å²) in [5.74, 6) is 0.862. The topological polar surface area (TPSA) is 64.3 Å². The van der Waals surface area contributed by atoms with Gasteiger partial charge in [-0.25, -0.2) is 14.0 Å². The maximum Gasteiger partial charge on any atom is 0.350 e. The first kappa shape index (κ1) is 20.4. The van der Waals surface area contributed by atoms with Crippen LogP contribution in [0.4, 0.5) is 0 Å². The molecular weight excluding hydrogens is 378 g/mol. The number of hydrogen-bond acceptors (Lipinski definition) is 5. The van der Waals surface area contributed by atoms with Crippen molar-refractivity contribution in [1.29, 1.82) is 0 Å². The predicted octanol–water partition coefficient (Wildman–Crippen LogP) is 2.30. The van der Waals surface area contributed by atoms with Crippen LogP contribution in [0.25, 0.3) is 5.69 Å². The van der Waals surface area contributed by atoms with Crippen molar-refractivity contribution in [3.8, 4) is 11.4 Å².